The van der Waals surface area contributed by atoms with Crippen molar-refractivity contribution in [3.8, 4) is 11.8 Å². The summed E-state index contributed by atoms with van der Waals surface area (Å²) in [6.45, 7) is 3.73. The fourth-order valence-electron chi connectivity index (χ4n) is 2.29. The third kappa shape index (κ3) is 4.17. The highest BCUT2D eigenvalue weighted by Crippen LogP contribution is 2.21. The fraction of sp³-hybridized carbons (Fsp3) is 0.105. The number of rotatable bonds is 4. The minimum absolute atomic E-state index is 0.00791. The molecule has 0 aliphatic rings. The predicted molar refractivity (Wildman–Crippen MR) is 92.4 cm³/mol. The van der Waals surface area contributed by atoms with Crippen LogP contribution in [0.3, 0.4) is 0 Å². The molecule has 0 atom stereocenters. The van der Waals surface area contributed by atoms with Crippen molar-refractivity contribution in [1.82, 2.24) is 9.97 Å². The third-order valence-corrected chi connectivity index (χ3v) is 3.40. The van der Waals surface area contributed by atoms with Crippen molar-refractivity contribution >= 4 is 11.6 Å². The molecule has 3 aromatic rings. The van der Waals surface area contributed by atoms with Gasteiger partial charge in [-0.3, -0.25) is 4.79 Å². The normalized spacial score (nSPS) is 10.4. The smallest absolute Gasteiger partial charge is 0.322 e. The van der Waals surface area contributed by atoms with E-state index < -0.39 is 11.7 Å². The van der Waals surface area contributed by atoms with Gasteiger partial charge < -0.3 is 10.1 Å². The van der Waals surface area contributed by atoms with E-state index in [9.17, 15) is 9.18 Å². The number of aromatic nitrogens is 2. The first-order valence-electron chi connectivity index (χ1n) is 7.67. The van der Waals surface area contributed by atoms with Gasteiger partial charge in [-0.15, -0.1) is 0 Å². The standard InChI is InChI=1S/C19H16FN3O2/c1-12-11-13(2)22-19(21-12)25-15-9-7-14(8-10-15)23-18(24)16-5-3-4-6-17(16)20/h3-11H,1-2H3,(H,23,24). The maximum absolute atomic E-state index is 13.6. The van der Waals surface area contributed by atoms with Gasteiger partial charge in [0, 0.05) is 17.1 Å². The van der Waals surface area contributed by atoms with Gasteiger partial charge in [-0.25, -0.2) is 14.4 Å². The highest BCUT2D eigenvalue weighted by Gasteiger charge is 2.11. The van der Waals surface area contributed by atoms with Gasteiger partial charge in [0.2, 0.25) is 0 Å². The molecule has 2 aromatic carbocycles. The summed E-state index contributed by atoms with van der Waals surface area (Å²) >= 11 is 0. The zero-order valence-corrected chi connectivity index (χ0v) is 13.8. The van der Waals surface area contributed by atoms with Crippen molar-refractivity contribution in [2.75, 3.05) is 5.32 Å². The van der Waals surface area contributed by atoms with Crippen molar-refractivity contribution in [1.29, 1.82) is 0 Å². The first-order valence-corrected chi connectivity index (χ1v) is 7.67. The highest BCUT2D eigenvalue weighted by atomic mass is 19.1. The molecule has 126 valence electrons. The van der Waals surface area contributed by atoms with Crippen LogP contribution in [0, 0.1) is 19.7 Å². The Balaban J connectivity index is 1.70. The number of benzene rings is 2. The van der Waals surface area contributed by atoms with E-state index in [2.05, 4.69) is 15.3 Å². The summed E-state index contributed by atoms with van der Waals surface area (Å²) in [4.78, 5) is 20.5. The summed E-state index contributed by atoms with van der Waals surface area (Å²) in [5.41, 5.74) is 2.15. The lowest BCUT2D eigenvalue weighted by molar-refractivity contribution is 0.102. The van der Waals surface area contributed by atoms with Gasteiger partial charge in [0.15, 0.2) is 0 Å². The third-order valence-electron chi connectivity index (χ3n) is 3.40. The van der Waals surface area contributed by atoms with Crippen LogP contribution in [0.5, 0.6) is 11.8 Å². The summed E-state index contributed by atoms with van der Waals surface area (Å²) < 4.78 is 19.2. The van der Waals surface area contributed by atoms with Gasteiger partial charge in [0.1, 0.15) is 11.6 Å². The molecule has 3 rings (SSSR count). The highest BCUT2D eigenvalue weighted by molar-refractivity contribution is 6.04. The fourth-order valence-corrected chi connectivity index (χ4v) is 2.29. The van der Waals surface area contributed by atoms with Crippen LogP contribution < -0.4 is 10.1 Å². The molecule has 1 aromatic heterocycles. The Morgan fingerprint density at radius 3 is 2.28 bits per heavy atom. The SMILES string of the molecule is Cc1cc(C)nc(Oc2ccc(NC(=O)c3ccccc3F)cc2)n1. The number of amides is 1. The Morgan fingerprint density at radius 1 is 1.00 bits per heavy atom. The van der Waals surface area contributed by atoms with Gasteiger partial charge in [0.25, 0.3) is 5.91 Å². The Morgan fingerprint density at radius 2 is 1.64 bits per heavy atom. The average Bonchev–Trinajstić information content (AvgIpc) is 2.56. The summed E-state index contributed by atoms with van der Waals surface area (Å²) in [5, 5.41) is 2.64. The van der Waals surface area contributed by atoms with E-state index in [1.165, 1.54) is 18.2 Å². The van der Waals surface area contributed by atoms with Crippen LogP contribution in [-0.2, 0) is 0 Å². The Labute approximate surface area is 144 Å². The second-order valence-electron chi connectivity index (χ2n) is 5.49. The Bertz CT molecular complexity index is 891. The van der Waals surface area contributed by atoms with Crippen LogP contribution in [-0.4, -0.2) is 15.9 Å². The molecule has 0 radical (unpaired) electrons. The summed E-state index contributed by atoms with van der Waals surface area (Å²) in [6.07, 6.45) is 0. The molecular weight excluding hydrogens is 321 g/mol. The minimum Gasteiger partial charge on any atom is -0.424 e. The number of aryl methyl sites for hydroxylation is 2. The van der Waals surface area contributed by atoms with Crippen LogP contribution in [0.25, 0.3) is 0 Å². The lowest BCUT2D eigenvalue weighted by atomic mass is 10.2. The molecule has 6 heteroatoms. The second-order valence-corrected chi connectivity index (χ2v) is 5.49. The maximum atomic E-state index is 13.6. The molecule has 5 nitrogen and oxygen atoms in total. The molecule has 0 bridgehead atoms. The molecule has 0 unspecified atom stereocenters. The number of carbonyl (C=O) groups excluding carboxylic acids is 1. The number of nitrogens with zero attached hydrogens (tertiary/aromatic N) is 2. The second kappa shape index (κ2) is 7.09. The average molecular weight is 337 g/mol. The molecule has 0 saturated carbocycles. The van der Waals surface area contributed by atoms with E-state index in [0.717, 1.165) is 11.4 Å². The zero-order valence-electron chi connectivity index (χ0n) is 13.8. The molecule has 1 amide bonds. The van der Waals surface area contributed by atoms with Crippen molar-refractivity contribution in [3.63, 3.8) is 0 Å². The Hall–Kier alpha value is -3.28. The van der Waals surface area contributed by atoms with E-state index in [4.69, 9.17) is 4.74 Å². The number of anilines is 1. The van der Waals surface area contributed by atoms with Gasteiger partial charge in [-0.05, 0) is 56.3 Å². The van der Waals surface area contributed by atoms with Gasteiger partial charge >= 0.3 is 6.01 Å². The lowest BCUT2D eigenvalue weighted by Gasteiger charge is -2.08. The number of ether oxygens (including phenoxy) is 1. The van der Waals surface area contributed by atoms with Crippen molar-refractivity contribution in [2.24, 2.45) is 0 Å². The van der Waals surface area contributed by atoms with E-state index in [1.54, 1.807) is 30.3 Å². The summed E-state index contributed by atoms with van der Waals surface area (Å²) in [5.74, 6) is -0.537. The molecule has 0 fully saturated rings. The van der Waals surface area contributed by atoms with E-state index in [1.807, 2.05) is 19.9 Å². The largest absolute Gasteiger partial charge is 0.424 e. The van der Waals surface area contributed by atoms with Crippen LogP contribution in [0.2, 0.25) is 0 Å². The van der Waals surface area contributed by atoms with E-state index in [-0.39, 0.29) is 11.6 Å². The monoisotopic (exact) mass is 337 g/mol. The predicted octanol–water partition coefficient (Wildman–Crippen LogP) is 4.28. The molecule has 1 heterocycles. The topological polar surface area (TPSA) is 64.1 Å². The van der Waals surface area contributed by atoms with Crippen molar-refractivity contribution in [3.05, 3.63) is 77.4 Å². The van der Waals surface area contributed by atoms with Crippen LogP contribution >= 0.6 is 0 Å². The van der Waals surface area contributed by atoms with Crippen molar-refractivity contribution in [2.45, 2.75) is 13.8 Å². The molecular formula is C19H16FN3O2. The zero-order chi connectivity index (χ0) is 17.8. The quantitative estimate of drug-likeness (QED) is 0.772. The molecule has 0 aliphatic heterocycles. The molecule has 0 saturated heterocycles. The lowest BCUT2D eigenvalue weighted by Crippen LogP contribution is -2.13. The first-order chi connectivity index (χ1) is 12.0. The minimum atomic E-state index is -0.563. The van der Waals surface area contributed by atoms with Gasteiger partial charge in [-0.1, -0.05) is 12.1 Å². The summed E-state index contributed by atoms with van der Waals surface area (Å²) in [7, 11) is 0. The number of nitrogens with one attached hydrogen (secondary N) is 1. The first kappa shape index (κ1) is 16.6. The van der Waals surface area contributed by atoms with Crippen molar-refractivity contribution < 1.29 is 13.9 Å². The van der Waals surface area contributed by atoms with Crippen LogP contribution in [0.1, 0.15) is 21.7 Å². The number of hydrogen-bond acceptors (Lipinski definition) is 4. The Kier molecular flexibility index (Phi) is 4.70. The number of hydrogen-bond donors (Lipinski definition) is 1. The molecule has 0 spiro atoms. The van der Waals surface area contributed by atoms with E-state index >= 15 is 0 Å². The summed E-state index contributed by atoms with van der Waals surface area (Å²) in [6, 6.07) is 14.6. The molecule has 0 aliphatic carbocycles. The maximum Gasteiger partial charge on any atom is 0.322 e. The molecule has 1 N–H and O–H groups in total. The number of carbonyl (C=O) groups is 1. The number of halogens is 1. The van der Waals surface area contributed by atoms with Crippen LogP contribution in [0.4, 0.5) is 10.1 Å². The van der Waals surface area contributed by atoms with Gasteiger partial charge in [-0.2, -0.15) is 0 Å². The van der Waals surface area contributed by atoms with Crippen LogP contribution in [0.15, 0.2) is 54.6 Å². The molecule has 25 heavy (non-hydrogen) atoms. The van der Waals surface area contributed by atoms with Gasteiger partial charge in [0.05, 0.1) is 5.56 Å². The van der Waals surface area contributed by atoms with E-state index in [0.29, 0.717) is 11.4 Å².